The van der Waals surface area contributed by atoms with E-state index in [4.69, 9.17) is 4.74 Å². The third kappa shape index (κ3) is 3.36. The third-order valence-electron chi connectivity index (χ3n) is 2.85. The molecule has 19 heavy (non-hydrogen) atoms. The number of aryl methyl sites for hydroxylation is 1. The number of rotatable bonds is 5. The average Bonchev–Trinajstić information content (AvgIpc) is 2.40. The second-order valence-corrected chi connectivity index (χ2v) is 4.42. The van der Waals surface area contributed by atoms with Crippen LogP contribution in [0.2, 0.25) is 0 Å². The summed E-state index contributed by atoms with van der Waals surface area (Å²) in [5.41, 5.74) is 2.99. The first kappa shape index (κ1) is 13.6. The second-order valence-electron chi connectivity index (χ2n) is 4.42. The molecule has 100 valence electrons. The second kappa shape index (κ2) is 6.41. The molecule has 0 radical (unpaired) electrons. The fourth-order valence-electron chi connectivity index (χ4n) is 2.07. The summed E-state index contributed by atoms with van der Waals surface area (Å²) in [5.74, 6) is 0.707. The maximum absolute atomic E-state index is 5.57. The first-order valence-electron chi connectivity index (χ1n) is 6.31. The highest BCUT2D eigenvalue weighted by atomic mass is 16.5. The van der Waals surface area contributed by atoms with Crippen molar-refractivity contribution >= 4 is 0 Å². The van der Waals surface area contributed by atoms with Crippen molar-refractivity contribution in [2.75, 3.05) is 14.2 Å². The quantitative estimate of drug-likeness (QED) is 0.892. The van der Waals surface area contributed by atoms with E-state index in [1.165, 1.54) is 0 Å². The molecule has 2 rings (SSSR count). The predicted octanol–water partition coefficient (Wildman–Crippen LogP) is 2.24. The summed E-state index contributed by atoms with van der Waals surface area (Å²) in [6.07, 6.45) is -0.225. The normalized spacial score (nSPS) is 12.4. The highest BCUT2D eigenvalue weighted by Gasteiger charge is 2.17. The van der Waals surface area contributed by atoms with Gasteiger partial charge in [0.2, 0.25) is 0 Å². The molecular weight excluding hydrogens is 238 g/mol. The Bertz CT molecular complexity index is 528. The Kier molecular flexibility index (Phi) is 4.60. The number of ether oxygens (including phenoxy) is 1. The van der Waals surface area contributed by atoms with Gasteiger partial charge >= 0.3 is 0 Å². The predicted molar refractivity (Wildman–Crippen MR) is 74.8 cm³/mol. The van der Waals surface area contributed by atoms with Crippen LogP contribution >= 0.6 is 0 Å². The van der Waals surface area contributed by atoms with Crippen molar-refractivity contribution in [3.05, 3.63) is 59.2 Å². The van der Waals surface area contributed by atoms with Gasteiger partial charge in [-0.25, -0.2) is 9.97 Å². The van der Waals surface area contributed by atoms with Crippen LogP contribution in [-0.2, 0) is 11.3 Å². The third-order valence-corrected chi connectivity index (χ3v) is 2.85. The van der Waals surface area contributed by atoms with Crippen LogP contribution in [-0.4, -0.2) is 24.1 Å². The highest BCUT2D eigenvalue weighted by molar-refractivity contribution is 5.24. The topological polar surface area (TPSA) is 47.0 Å². The Morgan fingerprint density at radius 3 is 2.58 bits per heavy atom. The number of nitrogens with zero attached hydrogens (tertiary/aromatic N) is 2. The van der Waals surface area contributed by atoms with Crippen molar-refractivity contribution in [1.29, 1.82) is 0 Å². The van der Waals surface area contributed by atoms with Gasteiger partial charge in [-0.2, -0.15) is 0 Å². The van der Waals surface area contributed by atoms with Crippen molar-refractivity contribution in [3.63, 3.8) is 0 Å². The summed E-state index contributed by atoms with van der Waals surface area (Å²) in [5, 5.41) is 3.10. The molecule has 0 amide bonds. The number of methoxy groups -OCH3 is 1. The minimum absolute atomic E-state index is 0.225. The molecule has 4 heteroatoms. The van der Waals surface area contributed by atoms with E-state index in [-0.39, 0.29) is 6.10 Å². The number of benzene rings is 1. The molecule has 1 atom stereocenters. The van der Waals surface area contributed by atoms with E-state index in [9.17, 15) is 0 Å². The van der Waals surface area contributed by atoms with Gasteiger partial charge in [0.05, 0.1) is 5.69 Å². The molecule has 4 nitrogen and oxygen atoms in total. The van der Waals surface area contributed by atoms with E-state index in [1.54, 1.807) is 7.11 Å². The van der Waals surface area contributed by atoms with Crippen LogP contribution in [0.25, 0.3) is 0 Å². The molecule has 1 heterocycles. The molecular formula is C15H19N3O. The smallest absolute Gasteiger partial charge is 0.162 e. The van der Waals surface area contributed by atoms with Crippen molar-refractivity contribution in [3.8, 4) is 0 Å². The van der Waals surface area contributed by atoms with Gasteiger partial charge in [0.25, 0.3) is 0 Å². The van der Waals surface area contributed by atoms with Gasteiger partial charge in [0.1, 0.15) is 6.10 Å². The van der Waals surface area contributed by atoms with E-state index < -0.39 is 0 Å². The van der Waals surface area contributed by atoms with Crippen LogP contribution < -0.4 is 5.32 Å². The molecule has 0 aliphatic carbocycles. The molecule has 2 aromatic rings. The fourth-order valence-corrected chi connectivity index (χ4v) is 2.07. The van der Waals surface area contributed by atoms with Gasteiger partial charge in [0, 0.05) is 19.3 Å². The highest BCUT2D eigenvalue weighted by Crippen LogP contribution is 2.22. The van der Waals surface area contributed by atoms with Crippen LogP contribution in [0.1, 0.15) is 28.9 Å². The van der Waals surface area contributed by atoms with Crippen molar-refractivity contribution in [2.24, 2.45) is 0 Å². The molecule has 1 aromatic heterocycles. The first-order chi connectivity index (χ1) is 9.24. The number of nitrogens with one attached hydrogen (secondary N) is 1. The van der Waals surface area contributed by atoms with Gasteiger partial charge in [0.15, 0.2) is 5.82 Å². The van der Waals surface area contributed by atoms with Crippen molar-refractivity contribution in [1.82, 2.24) is 15.3 Å². The summed E-state index contributed by atoms with van der Waals surface area (Å²) in [7, 11) is 3.59. The van der Waals surface area contributed by atoms with Gasteiger partial charge < -0.3 is 10.1 Å². The van der Waals surface area contributed by atoms with Crippen molar-refractivity contribution < 1.29 is 4.74 Å². The Balaban J connectivity index is 2.38. The lowest BCUT2D eigenvalue weighted by Gasteiger charge is -2.15. The molecule has 1 N–H and O–H groups in total. The van der Waals surface area contributed by atoms with Crippen LogP contribution in [0.5, 0.6) is 0 Å². The Labute approximate surface area is 113 Å². The van der Waals surface area contributed by atoms with E-state index in [0.717, 1.165) is 23.5 Å². The lowest BCUT2D eigenvalue weighted by Crippen LogP contribution is -2.14. The van der Waals surface area contributed by atoms with Crippen LogP contribution in [0.15, 0.2) is 36.4 Å². The van der Waals surface area contributed by atoms with Crippen LogP contribution in [0, 0.1) is 6.92 Å². The van der Waals surface area contributed by atoms with Crippen molar-refractivity contribution in [2.45, 2.75) is 19.6 Å². The zero-order chi connectivity index (χ0) is 13.7. The molecule has 0 aliphatic heterocycles. The SMILES string of the molecule is CNCc1cc(C)nc(C(OC)c2ccccc2)n1. The number of hydrogen-bond acceptors (Lipinski definition) is 4. The van der Waals surface area contributed by atoms with Crippen LogP contribution in [0.3, 0.4) is 0 Å². The monoisotopic (exact) mass is 257 g/mol. The van der Waals surface area contributed by atoms with E-state index in [2.05, 4.69) is 15.3 Å². The molecule has 1 unspecified atom stereocenters. The lowest BCUT2D eigenvalue weighted by molar-refractivity contribution is 0.128. The van der Waals surface area contributed by atoms with E-state index >= 15 is 0 Å². The maximum Gasteiger partial charge on any atom is 0.162 e. The zero-order valence-corrected chi connectivity index (χ0v) is 11.6. The molecule has 0 aliphatic rings. The summed E-state index contributed by atoms with van der Waals surface area (Å²) in [6, 6.07) is 12.0. The lowest BCUT2D eigenvalue weighted by atomic mass is 10.1. The first-order valence-corrected chi connectivity index (χ1v) is 6.31. The van der Waals surface area contributed by atoms with Gasteiger partial charge in [-0.05, 0) is 25.6 Å². The maximum atomic E-state index is 5.57. The Morgan fingerprint density at radius 1 is 1.21 bits per heavy atom. The van der Waals surface area contributed by atoms with E-state index in [1.807, 2.05) is 50.4 Å². The van der Waals surface area contributed by atoms with Gasteiger partial charge in [-0.1, -0.05) is 30.3 Å². The standard InChI is InChI=1S/C15H19N3O/c1-11-9-13(10-16-2)18-15(17-11)14(19-3)12-7-5-4-6-8-12/h4-9,14,16H,10H2,1-3H3. The van der Waals surface area contributed by atoms with Crippen LogP contribution in [0.4, 0.5) is 0 Å². The molecule has 1 aromatic carbocycles. The Hall–Kier alpha value is -1.78. The number of aromatic nitrogens is 2. The van der Waals surface area contributed by atoms with Gasteiger partial charge in [-0.3, -0.25) is 0 Å². The molecule has 0 bridgehead atoms. The van der Waals surface area contributed by atoms with E-state index in [0.29, 0.717) is 5.82 Å². The summed E-state index contributed by atoms with van der Waals surface area (Å²) < 4.78 is 5.57. The Morgan fingerprint density at radius 2 is 1.95 bits per heavy atom. The summed E-state index contributed by atoms with van der Waals surface area (Å²) >= 11 is 0. The molecule has 0 spiro atoms. The molecule has 0 fully saturated rings. The van der Waals surface area contributed by atoms with Gasteiger partial charge in [-0.15, -0.1) is 0 Å². The largest absolute Gasteiger partial charge is 0.369 e. The minimum atomic E-state index is -0.225. The number of hydrogen-bond donors (Lipinski definition) is 1. The molecule has 0 saturated carbocycles. The fraction of sp³-hybridized carbons (Fsp3) is 0.333. The minimum Gasteiger partial charge on any atom is -0.369 e. The summed E-state index contributed by atoms with van der Waals surface area (Å²) in [4.78, 5) is 9.07. The molecule has 0 saturated heterocycles. The zero-order valence-electron chi connectivity index (χ0n) is 11.6. The average molecular weight is 257 g/mol. The summed E-state index contributed by atoms with van der Waals surface area (Å²) in [6.45, 7) is 2.70.